The van der Waals surface area contributed by atoms with E-state index in [1.165, 1.54) is 12.3 Å². The van der Waals surface area contributed by atoms with Crippen LogP contribution in [0.1, 0.15) is 5.56 Å². The molecule has 128 valence electrons. The van der Waals surface area contributed by atoms with Crippen LogP contribution in [0.5, 0.6) is 5.75 Å². The summed E-state index contributed by atoms with van der Waals surface area (Å²) in [5, 5.41) is 24.2. The van der Waals surface area contributed by atoms with Gasteiger partial charge in [-0.25, -0.2) is 0 Å². The molecule has 7 nitrogen and oxygen atoms in total. The van der Waals surface area contributed by atoms with Crippen LogP contribution in [-0.2, 0) is 9.53 Å². The van der Waals surface area contributed by atoms with Crippen molar-refractivity contribution < 1.29 is 14.6 Å². The van der Waals surface area contributed by atoms with E-state index in [0.29, 0.717) is 19.8 Å². The van der Waals surface area contributed by atoms with Crippen molar-refractivity contribution in [2.45, 2.75) is 6.92 Å². The van der Waals surface area contributed by atoms with Crippen LogP contribution in [-0.4, -0.2) is 55.3 Å². The zero-order chi connectivity index (χ0) is 17.4. The van der Waals surface area contributed by atoms with Gasteiger partial charge in [-0.3, -0.25) is 9.69 Å². The van der Waals surface area contributed by atoms with E-state index < -0.39 is 5.91 Å². The second-order valence-corrected chi connectivity index (χ2v) is 5.52. The Hall–Kier alpha value is -2.56. The number of morpholine rings is 1. The van der Waals surface area contributed by atoms with E-state index in [0.717, 1.165) is 30.9 Å². The number of phenols is 1. The molecule has 1 aliphatic rings. The average Bonchev–Trinajstić information content (AvgIpc) is 2.58. The van der Waals surface area contributed by atoms with Crippen molar-refractivity contribution in [3.63, 3.8) is 0 Å². The summed E-state index contributed by atoms with van der Waals surface area (Å²) in [7, 11) is 0. The lowest BCUT2D eigenvalue weighted by atomic mass is 10.2. The second-order valence-electron chi connectivity index (χ2n) is 5.52. The van der Waals surface area contributed by atoms with Crippen molar-refractivity contribution in [3.8, 4) is 11.8 Å². The molecule has 7 heteroatoms. The molecule has 1 aromatic carbocycles. The maximum atomic E-state index is 12.1. The molecule has 0 saturated carbocycles. The molecule has 0 bridgehead atoms. The minimum Gasteiger partial charge on any atom is -0.508 e. The van der Waals surface area contributed by atoms with Crippen LogP contribution < -0.4 is 10.6 Å². The van der Waals surface area contributed by atoms with Gasteiger partial charge in [0, 0.05) is 38.1 Å². The van der Waals surface area contributed by atoms with Crippen molar-refractivity contribution in [1.82, 2.24) is 10.2 Å². The minimum atomic E-state index is -0.408. The van der Waals surface area contributed by atoms with Gasteiger partial charge in [-0.15, -0.1) is 0 Å². The SMILES string of the molecule is Cc1cc(O)ccc1N/C=C(/C#N)C(=O)NCCN1CCOCC1. The number of aryl methyl sites for hydroxylation is 1. The average molecular weight is 330 g/mol. The van der Waals surface area contributed by atoms with E-state index in [4.69, 9.17) is 10.00 Å². The Balaban J connectivity index is 1.85. The van der Waals surface area contributed by atoms with Crippen molar-refractivity contribution in [1.29, 1.82) is 5.26 Å². The monoisotopic (exact) mass is 330 g/mol. The summed E-state index contributed by atoms with van der Waals surface area (Å²) in [6, 6.07) is 6.72. The van der Waals surface area contributed by atoms with Crippen LogP contribution in [0, 0.1) is 18.3 Å². The zero-order valence-corrected chi connectivity index (χ0v) is 13.7. The van der Waals surface area contributed by atoms with Crippen molar-refractivity contribution in [2.75, 3.05) is 44.7 Å². The number of hydrogen-bond donors (Lipinski definition) is 3. The Kier molecular flexibility index (Phi) is 6.61. The summed E-state index contributed by atoms with van der Waals surface area (Å²) in [6.45, 7) is 6.19. The van der Waals surface area contributed by atoms with Gasteiger partial charge >= 0.3 is 0 Å². The molecule has 0 aliphatic carbocycles. The van der Waals surface area contributed by atoms with Crippen LogP contribution in [0.2, 0.25) is 0 Å². The van der Waals surface area contributed by atoms with Gasteiger partial charge in [0.15, 0.2) is 0 Å². The third kappa shape index (κ3) is 5.26. The summed E-state index contributed by atoms with van der Waals surface area (Å²) in [4.78, 5) is 14.3. The van der Waals surface area contributed by atoms with E-state index >= 15 is 0 Å². The lowest BCUT2D eigenvalue weighted by Crippen LogP contribution is -2.41. The number of anilines is 1. The lowest BCUT2D eigenvalue weighted by molar-refractivity contribution is -0.117. The smallest absolute Gasteiger partial charge is 0.263 e. The minimum absolute atomic E-state index is 0.00412. The number of nitrogens with one attached hydrogen (secondary N) is 2. The van der Waals surface area contributed by atoms with E-state index in [1.807, 2.05) is 13.0 Å². The molecular weight excluding hydrogens is 308 g/mol. The Morgan fingerprint density at radius 3 is 2.88 bits per heavy atom. The molecular formula is C17H22N4O3. The molecule has 24 heavy (non-hydrogen) atoms. The summed E-state index contributed by atoms with van der Waals surface area (Å²) >= 11 is 0. The van der Waals surface area contributed by atoms with E-state index in [2.05, 4.69) is 15.5 Å². The summed E-state index contributed by atoms with van der Waals surface area (Å²) < 4.78 is 5.27. The van der Waals surface area contributed by atoms with Crippen LogP contribution in [0.15, 0.2) is 30.0 Å². The molecule has 3 N–H and O–H groups in total. The maximum absolute atomic E-state index is 12.1. The van der Waals surface area contributed by atoms with Crippen LogP contribution in [0.25, 0.3) is 0 Å². The number of carbonyl (C=O) groups is 1. The third-order valence-electron chi connectivity index (χ3n) is 3.76. The first-order valence-electron chi connectivity index (χ1n) is 7.85. The first kappa shape index (κ1) is 17.8. The predicted octanol–water partition coefficient (Wildman–Crippen LogP) is 0.968. The molecule has 1 aliphatic heterocycles. The number of hydrogen-bond acceptors (Lipinski definition) is 6. The van der Waals surface area contributed by atoms with Crippen molar-refractivity contribution in [3.05, 3.63) is 35.5 Å². The molecule has 0 aromatic heterocycles. The number of rotatable bonds is 6. The van der Waals surface area contributed by atoms with Gasteiger partial charge in [0.2, 0.25) is 0 Å². The molecule has 1 fully saturated rings. The van der Waals surface area contributed by atoms with Gasteiger partial charge in [-0.05, 0) is 30.7 Å². The molecule has 2 rings (SSSR count). The summed E-state index contributed by atoms with van der Waals surface area (Å²) in [6.07, 6.45) is 1.38. The molecule has 1 heterocycles. The highest BCUT2D eigenvalue weighted by Crippen LogP contribution is 2.20. The fourth-order valence-corrected chi connectivity index (χ4v) is 2.36. The number of nitrogens with zero attached hydrogens (tertiary/aromatic N) is 2. The number of carbonyl (C=O) groups excluding carboxylic acids is 1. The zero-order valence-electron chi connectivity index (χ0n) is 13.7. The van der Waals surface area contributed by atoms with Crippen LogP contribution in [0.4, 0.5) is 5.69 Å². The van der Waals surface area contributed by atoms with Gasteiger partial charge in [-0.2, -0.15) is 5.26 Å². The number of amides is 1. The summed E-state index contributed by atoms with van der Waals surface area (Å²) in [5.41, 5.74) is 1.54. The molecule has 1 amide bonds. The van der Waals surface area contributed by atoms with Gasteiger partial charge in [0.1, 0.15) is 17.4 Å². The quantitative estimate of drug-likeness (QED) is 0.408. The number of nitriles is 1. The fourth-order valence-electron chi connectivity index (χ4n) is 2.36. The van der Waals surface area contributed by atoms with Crippen molar-refractivity contribution >= 4 is 11.6 Å². The molecule has 1 aromatic rings. The number of ether oxygens (including phenoxy) is 1. The maximum Gasteiger partial charge on any atom is 0.263 e. The fraction of sp³-hybridized carbons (Fsp3) is 0.412. The van der Waals surface area contributed by atoms with Crippen LogP contribution >= 0.6 is 0 Å². The van der Waals surface area contributed by atoms with Crippen molar-refractivity contribution in [2.24, 2.45) is 0 Å². The number of aromatic hydroxyl groups is 1. The number of benzene rings is 1. The molecule has 0 atom stereocenters. The third-order valence-corrected chi connectivity index (χ3v) is 3.76. The molecule has 0 spiro atoms. The normalized spacial score (nSPS) is 15.6. The lowest BCUT2D eigenvalue weighted by Gasteiger charge is -2.26. The Bertz CT molecular complexity index is 646. The van der Waals surface area contributed by atoms with Gasteiger partial charge in [0.25, 0.3) is 5.91 Å². The van der Waals surface area contributed by atoms with E-state index in [9.17, 15) is 9.90 Å². The molecule has 0 radical (unpaired) electrons. The van der Waals surface area contributed by atoms with Crippen LogP contribution in [0.3, 0.4) is 0 Å². The highest BCUT2D eigenvalue weighted by molar-refractivity contribution is 5.97. The van der Waals surface area contributed by atoms with E-state index in [1.54, 1.807) is 12.1 Å². The summed E-state index contributed by atoms with van der Waals surface area (Å²) in [5.74, 6) is -0.238. The Labute approximate surface area is 141 Å². The highest BCUT2D eigenvalue weighted by Gasteiger charge is 2.12. The topological polar surface area (TPSA) is 97.6 Å². The predicted molar refractivity (Wildman–Crippen MR) is 90.4 cm³/mol. The largest absolute Gasteiger partial charge is 0.508 e. The first-order chi connectivity index (χ1) is 11.6. The molecule has 0 unspecified atom stereocenters. The molecule has 1 saturated heterocycles. The second kappa shape index (κ2) is 8.91. The standard InChI is InChI=1S/C17H22N4O3/c1-13-10-15(22)2-3-16(13)20-12-14(11-18)17(23)19-4-5-21-6-8-24-9-7-21/h2-3,10,12,20,22H,4-9H2,1H3,(H,19,23)/b14-12-. The van der Waals surface area contributed by atoms with Gasteiger partial charge in [0.05, 0.1) is 13.2 Å². The highest BCUT2D eigenvalue weighted by atomic mass is 16.5. The van der Waals surface area contributed by atoms with Gasteiger partial charge < -0.3 is 20.5 Å². The Morgan fingerprint density at radius 1 is 1.46 bits per heavy atom. The number of phenolic OH excluding ortho intramolecular Hbond substituents is 1. The van der Waals surface area contributed by atoms with Gasteiger partial charge in [-0.1, -0.05) is 0 Å². The van der Waals surface area contributed by atoms with E-state index in [-0.39, 0.29) is 11.3 Å². The first-order valence-corrected chi connectivity index (χ1v) is 7.85. The Morgan fingerprint density at radius 2 is 2.21 bits per heavy atom.